The van der Waals surface area contributed by atoms with E-state index in [4.69, 9.17) is 19.2 Å². The van der Waals surface area contributed by atoms with E-state index in [2.05, 4.69) is 21.8 Å². The van der Waals surface area contributed by atoms with Crippen LogP contribution in [0.25, 0.3) is 11.0 Å². The molecule has 0 aliphatic carbocycles. The maximum absolute atomic E-state index is 14.4. The van der Waals surface area contributed by atoms with E-state index in [0.29, 0.717) is 61.8 Å². The molecule has 6 rings (SSSR count). The van der Waals surface area contributed by atoms with E-state index >= 15 is 0 Å². The third-order valence-corrected chi connectivity index (χ3v) is 7.85. The number of hydrogen-bond donors (Lipinski definition) is 1. The second kappa shape index (κ2) is 12.2. The monoisotopic (exact) mass is 597 g/mol. The smallest absolute Gasteiger partial charge is 0.338 e. The van der Waals surface area contributed by atoms with Crippen molar-refractivity contribution in [3.63, 3.8) is 0 Å². The Morgan fingerprint density at radius 3 is 2.67 bits per heavy atom. The minimum atomic E-state index is -1.32. The van der Waals surface area contributed by atoms with Gasteiger partial charge in [0.05, 0.1) is 35.8 Å². The number of carbonyl (C=O) groups is 1. The first-order valence-electron chi connectivity index (χ1n) is 14.1. The summed E-state index contributed by atoms with van der Waals surface area (Å²) in [5, 5.41) is 9.44. The van der Waals surface area contributed by atoms with Gasteiger partial charge in [-0.25, -0.2) is 27.9 Å². The van der Waals surface area contributed by atoms with Gasteiger partial charge in [0.1, 0.15) is 30.2 Å². The second-order valence-electron chi connectivity index (χ2n) is 10.8. The first-order valence-corrected chi connectivity index (χ1v) is 14.1. The lowest BCUT2D eigenvalue weighted by Gasteiger charge is -2.37. The number of piperidine rings is 1. The summed E-state index contributed by atoms with van der Waals surface area (Å²) in [5.74, 6) is -2.35. The molecule has 0 spiro atoms. The topological polar surface area (TPSA) is 112 Å². The van der Waals surface area contributed by atoms with Gasteiger partial charge in [-0.15, -0.1) is 0 Å². The van der Waals surface area contributed by atoms with E-state index in [-0.39, 0.29) is 36.2 Å². The number of halogens is 3. The third kappa shape index (κ3) is 6.42. The molecule has 2 saturated heterocycles. The lowest BCUT2D eigenvalue weighted by molar-refractivity contribution is -0.0593. The van der Waals surface area contributed by atoms with Gasteiger partial charge < -0.3 is 23.9 Å². The summed E-state index contributed by atoms with van der Waals surface area (Å²) in [7, 11) is 0. The lowest BCUT2D eigenvalue weighted by Crippen LogP contribution is -2.44. The highest BCUT2D eigenvalue weighted by atomic mass is 19.1. The third-order valence-electron chi connectivity index (χ3n) is 7.85. The number of ether oxygens (including phenoxy) is 3. The SMILES string of the molecule is C[C@H]1C[C@@H](Oc2ccnc(COc3ccc(F)cc3F)n2)CCN1Cc1nc2cc(F)c(C(=O)O)cc2n1C[C@@H]1CCO1. The van der Waals surface area contributed by atoms with Crippen molar-refractivity contribution in [2.45, 2.75) is 64.1 Å². The van der Waals surface area contributed by atoms with Crippen LogP contribution >= 0.6 is 0 Å². The quantitative estimate of drug-likeness (QED) is 0.277. The predicted molar refractivity (Wildman–Crippen MR) is 147 cm³/mol. The molecule has 0 radical (unpaired) electrons. The molecule has 3 atom stereocenters. The summed E-state index contributed by atoms with van der Waals surface area (Å²) in [5.41, 5.74) is 0.595. The minimum absolute atomic E-state index is 0.00362. The molecule has 0 unspecified atom stereocenters. The largest absolute Gasteiger partial charge is 0.483 e. The molecule has 2 aromatic heterocycles. The Morgan fingerprint density at radius 1 is 1.12 bits per heavy atom. The fraction of sp³-hybridized carbons (Fsp3) is 0.400. The van der Waals surface area contributed by atoms with Crippen molar-refractivity contribution < 1.29 is 37.3 Å². The summed E-state index contributed by atoms with van der Waals surface area (Å²) < 4.78 is 60.6. The lowest BCUT2D eigenvalue weighted by atomic mass is 10.0. The van der Waals surface area contributed by atoms with Gasteiger partial charge in [0.25, 0.3) is 0 Å². The molecule has 0 bridgehead atoms. The van der Waals surface area contributed by atoms with Crippen LogP contribution in [0.5, 0.6) is 11.6 Å². The van der Waals surface area contributed by atoms with Crippen molar-refractivity contribution in [2.24, 2.45) is 0 Å². The highest BCUT2D eigenvalue weighted by Crippen LogP contribution is 2.28. The van der Waals surface area contributed by atoms with Crippen molar-refractivity contribution in [1.82, 2.24) is 24.4 Å². The maximum atomic E-state index is 14.4. The van der Waals surface area contributed by atoms with Gasteiger partial charge >= 0.3 is 5.97 Å². The van der Waals surface area contributed by atoms with E-state index in [1.807, 2.05) is 4.57 Å². The van der Waals surface area contributed by atoms with Crippen molar-refractivity contribution in [1.29, 1.82) is 0 Å². The molecule has 0 amide bonds. The predicted octanol–water partition coefficient (Wildman–Crippen LogP) is 4.74. The van der Waals surface area contributed by atoms with Crippen LogP contribution in [0.2, 0.25) is 0 Å². The highest BCUT2D eigenvalue weighted by Gasteiger charge is 2.30. The van der Waals surface area contributed by atoms with Gasteiger partial charge in [-0.05, 0) is 44.4 Å². The summed E-state index contributed by atoms with van der Waals surface area (Å²) >= 11 is 0. The zero-order chi connectivity index (χ0) is 30.1. The number of aromatic carboxylic acids is 1. The van der Waals surface area contributed by atoms with Crippen molar-refractivity contribution in [3.8, 4) is 11.6 Å². The van der Waals surface area contributed by atoms with Crippen LogP contribution in [0.15, 0.2) is 42.6 Å². The first-order chi connectivity index (χ1) is 20.7. The van der Waals surface area contributed by atoms with Crippen LogP contribution in [-0.2, 0) is 24.4 Å². The van der Waals surface area contributed by atoms with Crippen LogP contribution in [-0.4, -0.2) is 66.9 Å². The molecule has 226 valence electrons. The standard InChI is InChI=1S/C30H30F3N5O5/c1-17-10-19(43-29-4-7-34-27(36-29)16-42-26-3-2-18(31)11-23(26)33)5-8-37(17)15-28-35-24-13-22(32)21(30(39)40)12-25(24)38(28)14-20-6-9-41-20/h2-4,7,11-13,17,19-20H,5-6,8-10,14-16H2,1H3,(H,39,40)/t17-,19-,20-/m0/s1. The van der Waals surface area contributed by atoms with Crippen LogP contribution in [0.3, 0.4) is 0 Å². The molecule has 10 nitrogen and oxygen atoms in total. The molecule has 13 heteroatoms. The zero-order valence-corrected chi connectivity index (χ0v) is 23.4. The molecule has 2 aliphatic rings. The van der Waals surface area contributed by atoms with E-state index in [1.165, 1.54) is 24.4 Å². The number of nitrogens with zero attached hydrogens (tertiary/aromatic N) is 5. The Labute approximate surface area is 245 Å². The molecule has 1 N–H and O–H groups in total. The normalized spacial score (nSPS) is 20.6. The summed E-state index contributed by atoms with van der Waals surface area (Å²) in [6.07, 6.45) is 3.74. The van der Waals surface area contributed by atoms with Crippen molar-refractivity contribution in [2.75, 3.05) is 13.2 Å². The molecule has 2 fully saturated rings. The number of aromatic nitrogens is 4. The fourth-order valence-electron chi connectivity index (χ4n) is 5.44. The number of rotatable bonds is 10. The number of carboxylic acid groups (broad SMARTS) is 1. The Kier molecular flexibility index (Phi) is 8.17. The number of imidazole rings is 1. The molecule has 4 aromatic rings. The molecule has 43 heavy (non-hydrogen) atoms. The van der Waals surface area contributed by atoms with Gasteiger partial charge in [-0.1, -0.05) is 0 Å². The van der Waals surface area contributed by atoms with E-state index in [9.17, 15) is 23.1 Å². The molecular weight excluding hydrogens is 567 g/mol. The molecular formula is C30H30F3N5O5. The molecule has 0 saturated carbocycles. The van der Waals surface area contributed by atoms with Gasteiger partial charge in [0.15, 0.2) is 17.4 Å². The number of likely N-dealkylation sites (tertiary alicyclic amines) is 1. The van der Waals surface area contributed by atoms with Crippen LogP contribution in [0, 0.1) is 17.5 Å². The molecule has 4 heterocycles. The van der Waals surface area contributed by atoms with Gasteiger partial charge in [-0.2, -0.15) is 4.98 Å². The fourth-order valence-corrected chi connectivity index (χ4v) is 5.44. The summed E-state index contributed by atoms with van der Waals surface area (Å²) in [4.78, 5) is 27.1. The van der Waals surface area contributed by atoms with Crippen LogP contribution in [0.1, 0.15) is 48.2 Å². The minimum Gasteiger partial charge on any atom is -0.483 e. The van der Waals surface area contributed by atoms with Gasteiger partial charge in [0, 0.05) is 43.6 Å². The first kappa shape index (κ1) is 28.9. The average Bonchev–Trinajstić information content (AvgIpc) is 3.26. The number of carboxylic acids is 1. The summed E-state index contributed by atoms with van der Waals surface area (Å²) in [6.45, 7) is 4.37. The Balaban J connectivity index is 1.11. The zero-order valence-electron chi connectivity index (χ0n) is 23.4. The second-order valence-corrected chi connectivity index (χ2v) is 10.8. The van der Waals surface area contributed by atoms with E-state index < -0.39 is 23.4 Å². The van der Waals surface area contributed by atoms with Crippen molar-refractivity contribution >= 4 is 17.0 Å². The van der Waals surface area contributed by atoms with Crippen LogP contribution in [0.4, 0.5) is 13.2 Å². The Morgan fingerprint density at radius 2 is 1.95 bits per heavy atom. The number of hydrogen-bond acceptors (Lipinski definition) is 8. The number of benzene rings is 2. The maximum Gasteiger partial charge on any atom is 0.338 e. The summed E-state index contributed by atoms with van der Waals surface area (Å²) in [6, 6.07) is 7.36. The van der Waals surface area contributed by atoms with E-state index in [1.54, 1.807) is 6.07 Å². The van der Waals surface area contributed by atoms with Gasteiger partial charge in [-0.3, -0.25) is 4.90 Å². The van der Waals surface area contributed by atoms with E-state index in [0.717, 1.165) is 24.4 Å². The highest BCUT2D eigenvalue weighted by molar-refractivity contribution is 5.93. The number of fused-ring (bicyclic) bond motifs is 1. The average molecular weight is 598 g/mol. The van der Waals surface area contributed by atoms with Crippen molar-refractivity contribution in [3.05, 3.63) is 77.3 Å². The Hall–Kier alpha value is -4.23. The van der Waals surface area contributed by atoms with Crippen LogP contribution < -0.4 is 9.47 Å². The Bertz CT molecular complexity index is 1650. The van der Waals surface area contributed by atoms with Gasteiger partial charge in [0.2, 0.25) is 5.88 Å². The molecule has 2 aromatic carbocycles. The molecule has 2 aliphatic heterocycles.